The van der Waals surface area contributed by atoms with E-state index >= 15 is 0 Å². The Kier molecular flexibility index (Phi) is 4.14. The van der Waals surface area contributed by atoms with E-state index in [-0.39, 0.29) is 17.2 Å². The molecule has 2 aliphatic heterocycles. The normalized spacial score (nSPS) is 18.7. The molecule has 1 aromatic rings. The number of H-pyrrole nitrogens is 1. The molecule has 2 amide bonds. The molecule has 7 nitrogen and oxygen atoms in total. The number of piperazine rings is 1. The summed E-state index contributed by atoms with van der Waals surface area (Å²) in [5.74, 6) is 0.111. The van der Waals surface area contributed by atoms with Gasteiger partial charge in [-0.3, -0.25) is 14.7 Å². The monoisotopic (exact) mass is 319 g/mol. The van der Waals surface area contributed by atoms with Crippen molar-refractivity contribution in [1.82, 2.24) is 25.3 Å². The van der Waals surface area contributed by atoms with Crippen LogP contribution in [0, 0.1) is 5.41 Å². The minimum atomic E-state index is -0.376. The largest absolute Gasteiger partial charge is 0.339 e. The molecule has 2 aliphatic rings. The summed E-state index contributed by atoms with van der Waals surface area (Å²) < 4.78 is 0. The molecule has 1 saturated heterocycles. The maximum absolute atomic E-state index is 12.7. The Balaban J connectivity index is 1.65. The molecule has 0 unspecified atom stereocenters. The van der Waals surface area contributed by atoms with Gasteiger partial charge in [-0.05, 0) is 0 Å². The predicted octanol–water partition coefficient (Wildman–Crippen LogP) is 0.386. The third kappa shape index (κ3) is 3.10. The zero-order valence-corrected chi connectivity index (χ0v) is 14.1. The third-order valence-electron chi connectivity index (χ3n) is 4.50. The number of aromatic amines is 1. The Labute approximate surface area is 136 Å². The molecule has 2 N–H and O–H groups in total. The maximum atomic E-state index is 12.7. The number of nitrogens with zero attached hydrogens (tertiary/aromatic N) is 3. The lowest BCUT2D eigenvalue weighted by atomic mass is 9.94. The van der Waals surface area contributed by atoms with Crippen molar-refractivity contribution in [1.29, 1.82) is 0 Å². The van der Waals surface area contributed by atoms with Crippen LogP contribution in [0.25, 0.3) is 0 Å². The second-order valence-corrected chi connectivity index (χ2v) is 7.29. The molecule has 7 heteroatoms. The van der Waals surface area contributed by atoms with Gasteiger partial charge in [0.05, 0.1) is 0 Å². The van der Waals surface area contributed by atoms with Crippen molar-refractivity contribution < 1.29 is 9.59 Å². The summed E-state index contributed by atoms with van der Waals surface area (Å²) in [7, 11) is 0. The van der Waals surface area contributed by atoms with Crippen LogP contribution in [0.1, 0.15) is 42.5 Å². The molecule has 1 fully saturated rings. The first-order valence-corrected chi connectivity index (χ1v) is 8.23. The summed E-state index contributed by atoms with van der Waals surface area (Å²) in [5, 5.41) is 10.5. The number of carbonyl (C=O) groups excluding carboxylic acids is 2. The lowest BCUT2D eigenvalue weighted by molar-refractivity contribution is -0.140. The molecule has 3 heterocycles. The Morgan fingerprint density at radius 3 is 2.39 bits per heavy atom. The van der Waals surface area contributed by atoms with E-state index in [4.69, 9.17) is 0 Å². The van der Waals surface area contributed by atoms with Gasteiger partial charge in [0.25, 0.3) is 5.91 Å². The highest BCUT2D eigenvalue weighted by atomic mass is 16.2. The molecule has 0 bridgehead atoms. The summed E-state index contributed by atoms with van der Waals surface area (Å²) >= 11 is 0. The first kappa shape index (κ1) is 16.0. The highest BCUT2D eigenvalue weighted by Gasteiger charge is 2.32. The van der Waals surface area contributed by atoms with Crippen molar-refractivity contribution in [3.63, 3.8) is 0 Å². The van der Waals surface area contributed by atoms with Crippen LogP contribution < -0.4 is 5.32 Å². The van der Waals surface area contributed by atoms with E-state index < -0.39 is 0 Å². The number of fused-ring (bicyclic) bond motifs is 1. The highest BCUT2D eigenvalue weighted by molar-refractivity contribution is 5.94. The smallest absolute Gasteiger partial charge is 0.274 e. The van der Waals surface area contributed by atoms with E-state index in [0.29, 0.717) is 38.4 Å². The zero-order chi connectivity index (χ0) is 16.6. The van der Waals surface area contributed by atoms with Gasteiger partial charge < -0.3 is 15.1 Å². The SMILES string of the molecule is CC(C)(C)C(=O)N1CCN(C(=O)c2n[nH]c3c2CNCC3)CC1. The van der Waals surface area contributed by atoms with Crippen LogP contribution in [0.4, 0.5) is 0 Å². The molecule has 0 saturated carbocycles. The number of carbonyl (C=O) groups is 2. The molecule has 0 aliphatic carbocycles. The number of aromatic nitrogens is 2. The lowest BCUT2D eigenvalue weighted by Gasteiger charge is -2.37. The topological polar surface area (TPSA) is 81.3 Å². The molecule has 0 aromatic carbocycles. The Morgan fingerprint density at radius 1 is 1.09 bits per heavy atom. The summed E-state index contributed by atoms with van der Waals surface area (Å²) in [6, 6.07) is 0. The molecule has 0 radical (unpaired) electrons. The van der Waals surface area contributed by atoms with E-state index in [9.17, 15) is 9.59 Å². The molecule has 23 heavy (non-hydrogen) atoms. The Hall–Kier alpha value is -1.89. The zero-order valence-electron chi connectivity index (χ0n) is 14.1. The van der Waals surface area contributed by atoms with Crippen LogP contribution in [0.2, 0.25) is 0 Å². The predicted molar refractivity (Wildman–Crippen MR) is 85.9 cm³/mol. The quantitative estimate of drug-likeness (QED) is 0.784. The number of hydrogen-bond acceptors (Lipinski definition) is 4. The van der Waals surface area contributed by atoms with Crippen LogP contribution >= 0.6 is 0 Å². The number of amides is 2. The van der Waals surface area contributed by atoms with Crippen LogP contribution in [-0.4, -0.2) is 64.5 Å². The Bertz CT molecular complexity index is 608. The number of nitrogens with one attached hydrogen (secondary N) is 2. The summed E-state index contributed by atoms with van der Waals surface area (Å²) in [4.78, 5) is 28.7. The van der Waals surface area contributed by atoms with Gasteiger partial charge in [0, 0.05) is 62.4 Å². The van der Waals surface area contributed by atoms with Gasteiger partial charge in [-0.1, -0.05) is 20.8 Å². The van der Waals surface area contributed by atoms with Crippen molar-refractivity contribution in [2.24, 2.45) is 5.41 Å². The summed E-state index contributed by atoms with van der Waals surface area (Å²) in [6.45, 7) is 9.69. The van der Waals surface area contributed by atoms with Crippen molar-refractivity contribution in [3.05, 3.63) is 17.0 Å². The summed E-state index contributed by atoms with van der Waals surface area (Å²) in [6.07, 6.45) is 0.878. The van der Waals surface area contributed by atoms with E-state index in [2.05, 4.69) is 15.5 Å². The van der Waals surface area contributed by atoms with Crippen LogP contribution in [0.3, 0.4) is 0 Å². The third-order valence-corrected chi connectivity index (χ3v) is 4.50. The lowest BCUT2D eigenvalue weighted by Crippen LogP contribution is -2.53. The second-order valence-electron chi connectivity index (χ2n) is 7.29. The molecular formula is C16H25N5O2. The van der Waals surface area contributed by atoms with E-state index in [1.165, 1.54) is 0 Å². The molecule has 3 rings (SSSR count). The van der Waals surface area contributed by atoms with Crippen LogP contribution in [-0.2, 0) is 17.8 Å². The minimum Gasteiger partial charge on any atom is -0.339 e. The van der Waals surface area contributed by atoms with Gasteiger partial charge >= 0.3 is 0 Å². The first-order chi connectivity index (χ1) is 10.9. The van der Waals surface area contributed by atoms with Gasteiger partial charge in [0.1, 0.15) is 0 Å². The van der Waals surface area contributed by atoms with E-state index in [1.54, 1.807) is 4.90 Å². The van der Waals surface area contributed by atoms with E-state index in [0.717, 1.165) is 24.2 Å². The Morgan fingerprint density at radius 2 is 1.74 bits per heavy atom. The van der Waals surface area contributed by atoms with Crippen molar-refractivity contribution in [2.45, 2.75) is 33.7 Å². The number of hydrogen-bond donors (Lipinski definition) is 2. The van der Waals surface area contributed by atoms with Crippen LogP contribution in [0.15, 0.2) is 0 Å². The molecule has 0 atom stereocenters. The molecule has 1 aromatic heterocycles. The van der Waals surface area contributed by atoms with Crippen molar-refractivity contribution in [3.8, 4) is 0 Å². The highest BCUT2D eigenvalue weighted by Crippen LogP contribution is 2.21. The van der Waals surface area contributed by atoms with E-state index in [1.807, 2.05) is 25.7 Å². The van der Waals surface area contributed by atoms with Gasteiger partial charge in [0.2, 0.25) is 5.91 Å². The fourth-order valence-corrected chi connectivity index (χ4v) is 3.14. The van der Waals surface area contributed by atoms with Crippen molar-refractivity contribution in [2.75, 3.05) is 32.7 Å². The van der Waals surface area contributed by atoms with Gasteiger partial charge in [-0.15, -0.1) is 0 Å². The first-order valence-electron chi connectivity index (χ1n) is 8.23. The fourth-order valence-electron chi connectivity index (χ4n) is 3.14. The molecular weight excluding hydrogens is 294 g/mol. The minimum absolute atomic E-state index is 0.0333. The maximum Gasteiger partial charge on any atom is 0.274 e. The van der Waals surface area contributed by atoms with Crippen LogP contribution in [0.5, 0.6) is 0 Å². The molecule has 126 valence electrons. The summed E-state index contributed by atoms with van der Waals surface area (Å²) in [5.41, 5.74) is 2.21. The van der Waals surface area contributed by atoms with Gasteiger partial charge in [-0.2, -0.15) is 5.10 Å². The fraction of sp³-hybridized carbons (Fsp3) is 0.688. The average Bonchev–Trinajstić information content (AvgIpc) is 2.97. The molecule has 0 spiro atoms. The number of rotatable bonds is 1. The standard InChI is InChI=1S/C16H25N5O2/c1-16(2,3)15(23)21-8-6-20(7-9-21)14(22)13-11-10-17-5-4-12(11)18-19-13/h17H,4-10H2,1-3H3,(H,18,19). The van der Waals surface area contributed by atoms with Gasteiger partial charge in [-0.25, -0.2) is 0 Å². The second kappa shape index (κ2) is 5.96. The average molecular weight is 319 g/mol. The van der Waals surface area contributed by atoms with Gasteiger partial charge in [0.15, 0.2) is 5.69 Å². The van der Waals surface area contributed by atoms with Crippen molar-refractivity contribution >= 4 is 11.8 Å².